The van der Waals surface area contributed by atoms with Crippen molar-refractivity contribution >= 4 is 5.91 Å². The van der Waals surface area contributed by atoms with Crippen LogP contribution in [0, 0.1) is 5.92 Å². The number of aromatic nitrogens is 2. The van der Waals surface area contributed by atoms with Crippen LogP contribution in [0.4, 0.5) is 0 Å². The van der Waals surface area contributed by atoms with Crippen LogP contribution in [0.3, 0.4) is 0 Å². The Morgan fingerprint density at radius 3 is 3.06 bits per heavy atom. The number of primary amides is 1. The fraction of sp³-hybridized carbons (Fsp3) is 0.727. The predicted octanol–water partition coefficient (Wildman–Crippen LogP) is 0.548. The van der Waals surface area contributed by atoms with Gasteiger partial charge in [0.15, 0.2) is 5.82 Å². The Kier molecular flexibility index (Phi) is 3.73. The maximum atomic E-state index is 10.5. The van der Waals surface area contributed by atoms with Gasteiger partial charge in [0, 0.05) is 5.92 Å². The molecule has 1 aromatic rings. The molecule has 3 N–H and O–H groups in total. The number of rotatable bonds is 5. The summed E-state index contributed by atoms with van der Waals surface area (Å²) >= 11 is 0. The molecule has 1 aliphatic carbocycles. The topological polar surface area (TPSA) is 94.0 Å². The van der Waals surface area contributed by atoms with E-state index in [1.165, 1.54) is 6.42 Å². The average molecular weight is 238 g/mol. The molecule has 1 aliphatic rings. The Labute approximate surface area is 99.9 Å². The molecule has 2 unspecified atom stereocenters. The van der Waals surface area contributed by atoms with Crippen molar-refractivity contribution in [2.24, 2.45) is 11.7 Å². The monoisotopic (exact) mass is 238 g/mol. The van der Waals surface area contributed by atoms with Gasteiger partial charge in [-0.05, 0) is 25.2 Å². The zero-order chi connectivity index (χ0) is 12.3. The Hall–Kier alpha value is -1.43. The highest BCUT2D eigenvalue weighted by molar-refractivity contribution is 5.75. The van der Waals surface area contributed by atoms with Crippen LogP contribution in [0.1, 0.15) is 43.8 Å². The normalized spacial score (nSPS) is 24.1. The number of nitrogens with zero attached hydrogens (tertiary/aromatic N) is 2. The Balaban J connectivity index is 1.85. The van der Waals surface area contributed by atoms with Crippen molar-refractivity contribution in [1.29, 1.82) is 0 Å². The van der Waals surface area contributed by atoms with Gasteiger partial charge >= 0.3 is 0 Å². The molecule has 0 bridgehead atoms. The molecule has 0 aromatic carbocycles. The molecular formula is C11H18N4O2. The van der Waals surface area contributed by atoms with E-state index in [4.69, 9.17) is 10.3 Å². The molecule has 6 heteroatoms. The molecule has 1 saturated carbocycles. The molecule has 2 atom stereocenters. The number of carbonyl (C=O) groups is 1. The van der Waals surface area contributed by atoms with E-state index in [0.717, 1.165) is 24.6 Å². The zero-order valence-electron chi connectivity index (χ0n) is 9.98. The van der Waals surface area contributed by atoms with Crippen molar-refractivity contribution < 1.29 is 9.32 Å². The highest BCUT2D eigenvalue weighted by Gasteiger charge is 2.26. The molecule has 0 saturated heterocycles. The van der Waals surface area contributed by atoms with E-state index >= 15 is 0 Å². The van der Waals surface area contributed by atoms with Crippen LogP contribution in [0.25, 0.3) is 0 Å². The van der Waals surface area contributed by atoms with Gasteiger partial charge in [-0.3, -0.25) is 10.1 Å². The minimum atomic E-state index is -0.394. The number of hydrogen-bond acceptors (Lipinski definition) is 5. The van der Waals surface area contributed by atoms with Gasteiger partial charge in [-0.2, -0.15) is 4.98 Å². The van der Waals surface area contributed by atoms with E-state index in [1.54, 1.807) is 0 Å². The molecule has 0 spiro atoms. The third-order valence-electron chi connectivity index (χ3n) is 3.12. The smallest absolute Gasteiger partial charge is 0.240 e. The van der Waals surface area contributed by atoms with E-state index in [1.807, 2.05) is 0 Å². The molecule has 6 nitrogen and oxygen atoms in total. The van der Waals surface area contributed by atoms with Crippen molar-refractivity contribution in [1.82, 2.24) is 15.5 Å². The van der Waals surface area contributed by atoms with Gasteiger partial charge in [-0.15, -0.1) is 0 Å². The Morgan fingerprint density at radius 2 is 2.41 bits per heavy atom. The number of nitrogens with two attached hydrogens (primary N) is 1. The molecule has 1 amide bonds. The minimum Gasteiger partial charge on any atom is -0.369 e. The second kappa shape index (κ2) is 5.27. The summed E-state index contributed by atoms with van der Waals surface area (Å²) in [4.78, 5) is 14.9. The number of hydrogen-bond donors (Lipinski definition) is 2. The summed E-state index contributed by atoms with van der Waals surface area (Å²) in [6.45, 7) is 2.76. The Bertz CT molecular complexity index is 391. The largest absolute Gasteiger partial charge is 0.369 e. The van der Waals surface area contributed by atoms with Crippen molar-refractivity contribution in [3.8, 4) is 0 Å². The Morgan fingerprint density at radius 1 is 1.59 bits per heavy atom. The summed E-state index contributed by atoms with van der Waals surface area (Å²) in [6, 6.07) is 0. The van der Waals surface area contributed by atoms with E-state index < -0.39 is 5.91 Å². The first kappa shape index (κ1) is 12.0. The van der Waals surface area contributed by atoms with Crippen LogP contribution in [0.5, 0.6) is 0 Å². The summed E-state index contributed by atoms with van der Waals surface area (Å²) in [5.74, 6) is 2.09. The van der Waals surface area contributed by atoms with Gasteiger partial charge < -0.3 is 10.3 Å². The van der Waals surface area contributed by atoms with Crippen LogP contribution in [-0.2, 0) is 11.3 Å². The average Bonchev–Trinajstić information content (AvgIpc) is 2.86. The predicted molar refractivity (Wildman–Crippen MR) is 61.0 cm³/mol. The maximum Gasteiger partial charge on any atom is 0.240 e. The maximum absolute atomic E-state index is 10.5. The molecular weight excluding hydrogens is 220 g/mol. The quantitative estimate of drug-likeness (QED) is 0.781. The third-order valence-corrected chi connectivity index (χ3v) is 3.12. The third kappa shape index (κ3) is 3.26. The van der Waals surface area contributed by atoms with Gasteiger partial charge in [0.25, 0.3) is 0 Å². The standard InChI is InChI=1S/C11H18N4O2/c1-7-2-3-8(4-7)11-14-10(17-15-11)6-13-5-9(12)16/h7-8,13H,2-6H2,1H3,(H2,12,16). The van der Waals surface area contributed by atoms with E-state index in [0.29, 0.717) is 18.4 Å². The molecule has 2 rings (SSSR count). The molecule has 1 aromatic heterocycles. The first-order valence-corrected chi connectivity index (χ1v) is 5.96. The number of nitrogens with one attached hydrogen (secondary N) is 1. The van der Waals surface area contributed by atoms with Crippen LogP contribution in [-0.4, -0.2) is 22.6 Å². The van der Waals surface area contributed by atoms with E-state index in [9.17, 15) is 4.79 Å². The van der Waals surface area contributed by atoms with E-state index in [2.05, 4.69) is 22.4 Å². The van der Waals surface area contributed by atoms with Gasteiger partial charge in [0.05, 0.1) is 13.1 Å². The van der Waals surface area contributed by atoms with Crippen molar-refractivity contribution in [3.63, 3.8) is 0 Å². The van der Waals surface area contributed by atoms with Crippen LogP contribution in [0.2, 0.25) is 0 Å². The summed E-state index contributed by atoms with van der Waals surface area (Å²) in [5, 5.41) is 6.83. The molecule has 0 radical (unpaired) electrons. The lowest BCUT2D eigenvalue weighted by Crippen LogP contribution is -2.28. The van der Waals surface area contributed by atoms with Crippen molar-refractivity contribution in [3.05, 3.63) is 11.7 Å². The SMILES string of the molecule is CC1CCC(c2noc(CNCC(N)=O)n2)C1. The number of amides is 1. The summed E-state index contributed by atoms with van der Waals surface area (Å²) in [7, 11) is 0. The van der Waals surface area contributed by atoms with Crippen LogP contribution >= 0.6 is 0 Å². The van der Waals surface area contributed by atoms with E-state index in [-0.39, 0.29) is 6.54 Å². The van der Waals surface area contributed by atoms with Gasteiger partial charge in [0.2, 0.25) is 11.8 Å². The number of carbonyl (C=O) groups excluding carboxylic acids is 1. The molecule has 0 aliphatic heterocycles. The fourth-order valence-electron chi connectivity index (χ4n) is 2.24. The van der Waals surface area contributed by atoms with Crippen molar-refractivity contribution in [2.75, 3.05) is 6.54 Å². The van der Waals surface area contributed by atoms with Gasteiger partial charge in [-0.1, -0.05) is 12.1 Å². The first-order valence-electron chi connectivity index (χ1n) is 5.96. The highest BCUT2D eigenvalue weighted by Crippen LogP contribution is 2.36. The van der Waals surface area contributed by atoms with Gasteiger partial charge in [-0.25, -0.2) is 0 Å². The highest BCUT2D eigenvalue weighted by atomic mass is 16.5. The lowest BCUT2D eigenvalue weighted by atomic mass is 10.1. The second-order valence-electron chi connectivity index (χ2n) is 4.73. The molecule has 1 heterocycles. The molecule has 94 valence electrons. The lowest BCUT2D eigenvalue weighted by Gasteiger charge is -2.01. The first-order chi connectivity index (χ1) is 8.15. The fourth-order valence-corrected chi connectivity index (χ4v) is 2.24. The lowest BCUT2D eigenvalue weighted by molar-refractivity contribution is -0.117. The summed E-state index contributed by atoms with van der Waals surface area (Å²) < 4.78 is 5.12. The molecule has 1 fully saturated rings. The zero-order valence-corrected chi connectivity index (χ0v) is 9.98. The minimum absolute atomic E-state index is 0.123. The van der Waals surface area contributed by atoms with Crippen molar-refractivity contribution in [2.45, 2.75) is 38.6 Å². The molecule has 17 heavy (non-hydrogen) atoms. The van der Waals surface area contributed by atoms with Gasteiger partial charge in [0.1, 0.15) is 0 Å². The summed E-state index contributed by atoms with van der Waals surface area (Å²) in [5.41, 5.74) is 5.01. The summed E-state index contributed by atoms with van der Waals surface area (Å²) in [6.07, 6.45) is 3.50. The van der Waals surface area contributed by atoms with Crippen LogP contribution < -0.4 is 11.1 Å². The second-order valence-corrected chi connectivity index (χ2v) is 4.73. The van der Waals surface area contributed by atoms with Crippen LogP contribution in [0.15, 0.2) is 4.52 Å².